The highest BCUT2D eigenvalue weighted by Crippen LogP contribution is 2.14. The Morgan fingerprint density at radius 1 is 1.38 bits per heavy atom. The molecule has 2 heterocycles. The fraction of sp³-hybridized carbons (Fsp3) is 0.300. The lowest BCUT2D eigenvalue weighted by Crippen LogP contribution is -2.04. The molecule has 16 heavy (non-hydrogen) atoms. The van der Waals surface area contributed by atoms with Crippen LogP contribution in [0.25, 0.3) is 0 Å². The van der Waals surface area contributed by atoms with Crippen molar-refractivity contribution in [1.82, 2.24) is 15.0 Å². The predicted molar refractivity (Wildman–Crippen MR) is 66.0 cm³/mol. The Balaban J connectivity index is 2.07. The first-order valence-corrected chi connectivity index (χ1v) is 6.05. The first kappa shape index (κ1) is 11.3. The van der Waals surface area contributed by atoms with E-state index in [2.05, 4.69) is 20.3 Å². The van der Waals surface area contributed by atoms with Crippen molar-refractivity contribution in [2.45, 2.75) is 20.4 Å². The van der Waals surface area contributed by atoms with Gasteiger partial charge in [-0.25, -0.2) is 15.0 Å². The number of rotatable bonds is 3. The maximum absolute atomic E-state index is 5.73. The molecule has 0 spiro atoms. The average Bonchev–Trinajstić information content (AvgIpc) is 2.66. The van der Waals surface area contributed by atoms with E-state index in [1.807, 2.05) is 19.2 Å². The molecule has 0 aliphatic heterocycles. The largest absolute Gasteiger partial charge is 0.364 e. The molecule has 4 nitrogen and oxygen atoms in total. The lowest BCUT2D eigenvalue weighted by atomic mass is 10.3. The van der Waals surface area contributed by atoms with Gasteiger partial charge in [-0.15, -0.1) is 11.3 Å². The highest BCUT2D eigenvalue weighted by molar-refractivity contribution is 7.09. The molecule has 0 aliphatic rings. The van der Waals surface area contributed by atoms with Gasteiger partial charge in [0.25, 0.3) is 0 Å². The van der Waals surface area contributed by atoms with Gasteiger partial charge in [-0.2, -0.15) is 0 Å². The summed E-state index contributed by atoms with van der Waals surface area (Å²) in [6.45, 7) is 4.57. The molecule has 1 N–H and O–H groups in total. The topological polar surface area (TPSA) is 50.7 Å². The van der Waals surface area contributed by atoms with Crippen molar-refractivity contribution < 1.29 is 0 Å². The summed E-state index contributed by atoms with van der Waals surface area (Å²) in [4.78, 5) is 12.4. The van der Waals surface area contributed by atoms with Crippen LogP contribution in [0.2, 0.25) is 5.28 Å². The number of hydrogen-bond donors (Lipinski definition) is 1. The first-order valence-electron chi connectivity index (χ1n) is 4.79. The van der Waals surface area contributed by atoms with Crippen molar-refractivity contribution in [1.29, 1.82) is 0 Å². The van der Waals surface area contributed by atoms with E-state index in [4.69, 9.17) is 11.6 Å². The van der Waals surface area contributed by atoms with Crippen molar-refractivity contribution in [2.24, 2.45) is 0 Å². The zero-order valence-electron chi connectivity index (χ0n) is 8.99. The molecule has 2 aromatic rings. The quantitative estimate of drug-likeness (QED) is 0.856. The fourth-order valence-corrected chi connectivity index (χ4v) is 2.01. The van der Waals surface area contributed by atoms with Crippen LogP contribution in [0, 0.1) is 13.8 Å². The monoisotopic (exact) mass is 254 g/mol. The van der Waals surface area contributed by atoms with Crippen LogP contribution in [-0.4, -0.2) is 15.0 Å². The van der Waals surface area contributed by atoms with Gasteiger partial charge >= 0.3 is 0 Å². The van der Waals surface area contributed by atoms with Gasteiger partial charge in [-0.05, 0) is 25.4 Å². The van der Waals surface area contributed by atoms with Gasteiger partial charge in [0.2, 0.25) is 5.28 Å². The minimum Gasteiger partial charge on any atom is -0.364 e. The van der Waals surface area contributed by atoms with E-state index in [0.717, 1.165) is 22.1 Å². The molecule has 84 valence electrons. The molecule has 0 amide bonds. The molecule has 0 aromatic carbocycles. The molecule has 0 saturated carbocycles. The third-order valence-corrected chi connectivity index (χ3v) is 3.05. The number of aromatic nitrogens is 3. The van der Waals surface area contributed by atoms with Gasteiger partial charge in [0.1, 0.15) is 5.82 Å². The maximum atomic E-state index is 5.73. The number of nitrogens with one attached hydrogen (secondary N) is 1. The van der Waals surface area contributed by atoms with Crippen molar-refractivity contribution in [2.75, 3.05) is 5.32 Å². The zero-order valence-corrected chi connectivity index (χ0v) is 10.6. The summed E-state index contributed by atoms with van der Waals surface area (Å²) in [7, 11) is 0. The van der Waals surface area contributed by atoms with Crippen LogP contribution < -0.4 is 5.32 Å². The Kier molecular flexibility index (Phi) is 3.36. The summed E-state index contributed by atoms with van der Waals surface area (Å²) >= 11 is 7.36. The zero-order chi connectivity index (χ0) is 11.5. The smallest absolute Gasteiger partial charge is 0.224 e. The number of anilines is 1. The molecule has 0 aliphatic carbocycles. The van der Waals surface area contributed by atoms with Crippen molar-refractivity contribution in [3.63, 3.8) is 0 Å². The second-order valence-electron chi connectivity index (χ2n) is 3.38. The van der Waals surface area contributed by atoms with Gasteiger partial charge in [0.05, 0.1) is 17.2 Å². The van der Waals surface area contributed by atoms with Crippen LogP contribution in [0.3, 0.4) is 0 Å². The highest BCUT2D eigenvalue weighted by atomic mass is 35.5. The summed E-state index contributed by atoms with van der Waals surface area (Å²) in [5, 5.41) is 6.54. The van der Waals surface area contributed by atoms with Crippen LogP contribution in [-0.2, 0) is 6.54 Å². The normalized spacial score (nSPS) is 10.4. The number of aryl methyl sites for hydroxylation is 2. The van der Waals surface area contributed by atoms with Gasteiger partial charge in [0.15, 0.2) is 0 Å². The molecular formula is C10H11ClN4S. The van der Waals surface area contributed by atoms with Crippen LogP contribution in [0.1, 0.15) is 16.3 Å². The van der Waals surface area contributed by atoms with E-state index >= 15 is 0 Å². The lowest BCUT2D eigenvalue weighted by Gasteiger charge is -2.06. The Morgan fingerprint density at radius 3 is 2.88 bits per heavy atom. The van der Waals surface area contributed by atoms with Crippen LogP contribution in [0.15, 0.2) is 11.6 Å². The predicted octanol–water partition coefficient (Wildman–Crippen LogP) is 2.82. The summed E-state index contributed by atoms with van der Waals surface area (Å²) in [6, 6.07) is 0. The van der Waals surface area contributed by atoms with Crippen molar-refractivity contribution in [3.05, 3.63) is 33.1 Å². The molecular weight excluding hydrogens is 244 g/mol. The summed E-state index contributed by atoms with van der Waals surface area (Å²) < 4.78 is 0. The average molecular weight is 255 g/mol. The number of halogens is 1. The molecule has 2 aromatic heterocycles. The Morgan fingerprint density at radius 2 is 2.19 bits per heavy atom. The number of thiazole rings is 1. The highest BCUT2D eigenvalue weighted by Gasteiger charge is 2.03. The molecule has 0 radical (unpaired) electrons. The second kappa shape index (κ2) is 4.76. The third kappa shape index (κ3) is 2.68. The van der Waals surface area contributed by atoms with Crippen LogP contribution in [0.5, 0.6) is 0 Å². The van der Waals surface area contributed by atoms with Gasteiger partial charge < -0.3 is 5.32 Å². The van der Waals surface area contributed by atoms with Crippen LogP contribution in [0.4, 0.5) is 5.82 Å². The number of nitrogens with zero attached hydrogens (tertiary/aromatic N) is 3. The van der Waals surface area contributed by atoms with Gasteiger partial charge in [-0.1, -0.05) is 0 Å². The summed E-state index contributed by atoms with van der Waals surface area (Å²) in [5.41, 5.74) is 1.98. The SMILES string of the molecule is Cc1nc(CNc2nc(Cl)ncc2C)cs1. The maximum Gasteiger partial charge on any atom is 0.224 e. The van der Waals surface area contributed by atoms with E-state index in [1.165, 1.54) is 0 Å². The van der Waals surface area contributed by atoms with Crippen LogP contribution >= 0.6 is 22.9 Å². The molecule has 0 bridgehead atoms. The summed E-state index contributed by atoms with van der Waals surface area (Å²) in [6.07, 6.45) is 1.70. The van der Waals surface area contributed by atoms with E-state index in [-0.39, 0.29) is 5.28 Å². The molecule has 0 saturated heterocycles. The first-order chi connectivity index (χ1) is 7.65. The van der Waals surface area contributed by atoms with Gasteiger partial charge in [0, 0.05) is 17.1 Å². The Bertz CT molecular complexity index is 497. The Labute approximate surface area is 103 Å². The molecule has 2 rings (SSSR count). The van der Waals surface area contributed by atoms with E-state index in [9.17, 15) is 0 Å². The Hall–Kier alpha value is -1.20. The van der Waals surface area contributed by atoms with Crippen molar-refractivity contribution >= 4 is 28.8 Å². The molecule has 0 atom stereocenters. The van der Waals surface area contributed by atoms with Gasteiger partial charge in [-0.3, -0.25) is 0 Å². The minimum atomic E-state index is 0.252. The third-order valence-electron chi connectivity index (χ3n) is 2.05. The molecule has 0 fully saturated rings. The van der Waals surface area contributed by atoms with E-state index in [0.29, 0.717) is 6.54 Å². The molecule has 6 heteroatoms. The molecule has 0 unspecified atom stereocenters. The van der Waals surface area contributed by atoms with E-state index in [1.54, 1.807) is 17.5 Å². The summed E-state index contributed by atoms with van der Waals surface area (Å²) in [5.74, 6) is 0.755. The van der Waals surface area contributed by atoms with Crippen molar-refractivity contribution in [3.8, 4) is 0 Å². The fourth-order valence-electron chi connectivity index (χ4n) is 1.26. The minimum absolute atomic E-state index is 0.252. The lowest BCUT2D eigenvalue weighted by molar-refractivity contribution is 1.02. The second-order valence-corrected chi connectivity index (χ2v) is 4.78. The van der Waals surface area contributed by atoms with E-state index < -0.39 is 0 Å². The number of hydrogen-bond acceptors (Lipinski definition) is 5. The standard InChI is InChI=1S/C10H11ClN4S/c1-6-3-13-10(11)15-9(6)12-4-8-5-16-7(2)14-8/h3,5H,4H2,1-2H3,(H,12,13,15).